The van der Waals surface area contributed by atoms with Gasteiger partial charge < -0.3 is 14.9 Å². The normalized spacial score (nSPS) is 21.9. The van der Waals surface area contributed by atoms with Crippen LogP contribution in [0.3, 0.4) is 0 Å². The highest BCUT2D eigenvalue weighted by atomic mass is 19.1. The molecule has 1 heterocycles. The van der Waals surface area contributed by atoms with Crippen molar-refractivity contribution >= 4 is 6.09 Å². The highest BCUT2D eigenvalue weighted by molar-refractivity contribution is 5.66. The van der Waals surface area contributed by atoms with Crippen molar-refractivity contribution in [2.45, 2.75) is 39.3 Å². The first-order valence-corrected chi connectivity index (χ1v) is 7.77. The van der Waals surface area contributed by atoms with Crippen LogP contribution >= 0.6 is 0 Å². The molecular weight excluding hydrogens is 283 g/mol. The van der Waals surface area contributed by atoms with Gasteiger partial charge in [0.1, 0.15) is 5.82 Å². The smallest absolute Gasteiger partial charge is 0.407 e. The van der Waals surface area contributed by atoms with E-state index in [-0.39, 0.29) is 17.8 Å². The van der Waals surface area contributed by atoms with Crippen LogP contribution < -0.4 is 0 Å². The Morgan fingerprint density at radius 3 is 2.73 bits per heavy atom. The van der Waals surface area contributed by atoms with E-state index in [4.69, 9.17) is 0 Å². The lowest BCUT2D eigenvalue weighted by Crippen LogP contribution is -2.36. The molecule has 0 aliphatic carbocycles. The monoisotopic (exact) mass is 308 g/mol. The van der Waals surface area contributed by atoms with E-state index in [1.807, 2.05) is 6.92 Å². The van der Waals surface area contributed by atoms with Crippen molar-refractivity contribution < 1.29 is 14.3 Å². The van der Waals surface area contributed by atoms with Crippen molar-refractivity contribution in [2.24, 2.45) is 5.92 Å². The van der Waals surface area contributed by atoms with Crippen molar-refractivity contribution in [3.8, 4) is 0 Å². The van der Waals surface area contributed by atoms with Gasteiger partial charge in [0.05, 0.1) is 6.04 Å². The standard InChI is InChI=1S/C17H25FN2O2/c1-11(2)19(4)10-13-7-8-20(17(21)22)16(13)15-6-5-14(18)9-12(15)3/h5-6,9,11,13,16H,7-8,10H2,1-4H3,(H,21,22)/t13-,16+/m1/s1. The fourth-order valence-electron chi connectivity index (χ4n) is 3.24. The Morgan fingerprint density at radius 1 is 1.50 bits per heavy atom. The predicted octanol–water partition coefficient (Wildman–Crippen LogP) is 3.52. The Hall–Kier alpha value is -1.62. The SMILES string of the molecule is Cc1cc(F)ccc1[C@@H]1[C@@H](CN(C)C(C)C)CCN1C(=O)O. The maximum Gasteiger partial charge on any atom is 0.407 e. The van der Waals surface area contributed by atoms with Crippen LogP contribution in [-0.2, 0) is 0 Å². The van der Waals surface area contributed by atoms with Gasteiger partial charge in [-0.25, -0.2) is 9.18 Å². The van der Waals surface area contributed by atoms with Crippen LogP contribution in [0, 0.1) is 18.7 Å². The number of halogens is 1. The second-order valence-electron chi connectivity index (χ2n) is 6.50. The van der Waals surface area contributed by atoms with Gasteiger partial charge in [-0.2, -0.15) is 0 Å². The molecule has 1 saturated heterocycles. The zero-order valence-corrected chi connectivity index (χ0v) is 13.7. The number of amides is 1. The molecular formula is C17H25FN2O2. The Bertz CT molecular complexity index is 547. The van der Waals surface area contributed by atoms with E-state index in [9.17, 15) is 14.3 Å². The molecule has 1 N–H and O–H groups in total. The molecule has 1 aromatic carbocycles. The number of benzene rings is 1. The molecule has 0 bridgehead atoms. The van der Waals surface area contributed by atoms with Crippen LogP contribution in [0.5, 0.6) is 0 Å². The Morgan fingerprint density at radius 2 is 2.18 bits per heavy atom. The lowest BCUT2D eigenvalue weighted by Gasteiger charge is -2.31. The number of likely N-dealkylation sites (tertiary alicyclic amines) is 1. The number of rotatable bonds is 4. The van der Waals surface area contributed by atoms with E-state index in [2.05, 4.69) is 25.8 Å². The molecule has 1 aromatic rings. The summed E-state index contributed by atoms with van der Waals surface area (Å²) in [6, 6.07) is 4.85. The van der Waals surface area contributed by atoms with Crippen LogP contribution in [0.25, 0.3) is 0 Å². The third-order valence-electron chi connectivity index (χ3n) is 4.72. The molecule has 22 heavy (non-hydrogen) atoms. The molecule has 5 heteroatoms. The van der Waals surface area contributed by atoms with Crippen molar-refractivity contribution in [3.05, 3.63) is 35.1 Å². The second-order valence-corrected chi connectivity index (χ2v) is 6.50. The molecule has 4 nitrogen and oxygen atoms in total. The van der Waals surface area contributed by atoms with E-state index < -0.39 is 6.09 Å². The van der Waals surface area contributed by atoms with Crippen molar-refractivity contribution in [1.82, 2.24) is 9.80 Å². The van der Waals surface area contributed by atoms with Gasteiger partial charge in [0.25, 0.3) is 0 Å². The summed E-state index contributed by atoms with van der Waals surface area (Å²) in [4.78, 5) is 15.3. The van der Waals surface area contributed by atoms with Gasteiger partial charge in [-0.1, -0.05) is 6.07 Å². The minimum absolute atomic E-state index is 0.195. The summed E-state index contributed by atoms with van der Waals surface area (Å²) in [5.74, 6) is -0.0513. The van der Waals surface area contributed by atoms with Gasteiger partial charge in [0.15, 0.2) is 0 Å². The number of hydrogen-bond donors (Lipinski definition) is 1. The van der Waals surface area contributed by atoms with Crippen LogP contribution in [0.2, 0.25) is 0 Å². The Balaban J connectivity index is 2.32. The van der Waals surface area contributed by atoms with Gasteiger partial charge in [-0.05, 0) is 63.4 Å². The molecule has 0 aromatic heterocycles. The molecule has 2 rings (SSSR count). The topological polar surface area (TPSA) is 43.8 Å². The molecule has 0 spiro atoms. The highest BCUT2D eigenvalue weighted by Crippen LogP contribution is 2.39. The van der Waals surface area contributed by atoms with Crippen molar-refractivity contribution in [3.63, 3.8) is 0 Å². The number of carbonyl (C=O) groups is 1. The maximum atomic E-state index is 13.4. The summed E-state index contributed by atoms with van der Waals surface area (Å²) >= 11 is 0. The first kappa shape index (κ1) is 16.7. The molecule has 1 aliphatic rings. The predicted molar refractivity (Wildman–Crippen MR) is 84.5 cm³/mol. The molecule has 1 fully saturated rings. The van der Waals surface area contributed by atoms with Crippen LogP contribution in [0.15, 0.2) is 18.2 Å². The van der Waals surface area contributed by atoms with Crippen molar-refractivity contribution in [2.75, 3.05) is 20.1 Å². The van der Waals surface area contributed by atoms with Gasteiger partial charge in [-0.3, -0.25) is 0 Å². The number of nitrogens with zero attached hydrogens (tertiary/aromatic N) is 2. The molecule has 1 amide bonds. The largest absolute Gasteiger partial charge is 0.465 e. The van der Waals surface area contributed by atoms with E-state index >= 15 is 0 Å². The zero-order chi connectivity index (χ0) is 16.4. The first-order valence-electron chi connectivity index (χ1n) is 7.77. The Labute approximate surface area is 131 Å². The first-order chi connectivity index (χ1) is 10.3. The van der Waals surface area contributed by atoms with E-state index in [0.717, 1.165) is 24.1 Å². The van der Waals surface area contributed by atoms with Gasteiger partial charge in [-0.15, -0.1) is 0 Å². The Kier molecular flexibility index (Phi) is 5.06. The lowest BCUT2D eigenvalue weighted by atomic mass is 9.90. The fourth-order valence-corrected chi connectivity index (χ4v) is 3.24. The average Bonchev–Trinajstić information content (AvgIpc) is 2.82. The average molecular weight is 308 g/mol. The summed E-state index contributed by atoms with van der Waals surface area (Å²) < 4.78 is 13.4. The van der Waals surface area contributed by atoms with Crippen molar-refractivity contribution in [1.29, 1.82) is 0 Å². The third-order valence-corrected chi connectivity index (χ3v) is 4.72. The number of hydrogen-bond acceptors (Lipinski definition) is 2. The van der Waals surface area contributed by atoms with Gasteiger partial charge in [0.2, 0.25) is 0 Å². The van der Waals surface area contributed by atoms with E-state index in [1.54, 1.807) is 6.07 Å². The van der Waals surface area contributed by atoms with Crippen LogP contribution in [-0.4, -0.2) is 47.2 Å². The van der Waals surface area contributed by atoms with Gasteiger partial charge >= 0.3 is 6.09 Å². The fraction of sp³-hybridized carbons (Fsp3) is 0.588. The summed E-state index contributed by atoms with van der Waals surface area (Å²) in [6.45, 7) is 7.47. The molecule has 0 radical (unpaired) electrons. The van der Waals surface area contributed by atoms with E-state index in [0.29, 0.717) is 12.6 Å². The number of aryl methyl sites for hydroxylation is 1. The molecule has 0 saturated carbocycles. The molecule has 2 atom stereocenters. The molecule has 0 unspecified atom stereocenters. The third kappa shape index (κ3) is 3.40. The quantitative estimate of drug-likeness (QED) is 0.925. The summed E-state index contributed by atoms with van der Waals surface area (Å²) in [5, 5.41) is 9.49. The lowest BCUT2D eigenvalue weighted by molar-refractivity contribution is 0.127. The number of carboxylic acid groups (broad SMARTS) is 1. The van der Waals surface area contributed by atoms with E-state index in [1.165, 1.54) is 17.0 Å². The minimum Gasteiger partial charge on any atom is -0.465 e. The molecule has 1 aliphatic heterocycles. The highest BCUT2D eigenvalue weighted by Gasteiger charge is 2.39. The summed E-state index contributed by atoms with van der Waals surface area (Å²) in [6.07, 6.45) is -0.0615. The summed E-state index contributed by atoms with van der Waals surface area (Å²) in [7, 11) is 2.06. The zero-order valence-electron chi connectivity index (χ0n) is 13.7. The maximum absolute atomic E-state index is 13.4. The molecule has 122 valence electrons. The van der Waals surface area contributed by atoms with Crippen LogP contribution in [0.4, 0.5) is 9.18 Å². The second kappa shape index (κ2) is 6.65. The minimum atomic E-state index is -0.900. The summed E-state index contributed by atoms with van der Waals surface area (Å²) in [5.41, 5.74) is 1.74. The van der Waals surface area contributed by atoms with Crippen LogP contribution in [0.1, 0.15) is 37.4 Å². The van der Waals surface area contributed by atoms with Gasteiger partial charge in [0, 0.05) is 19.1 Å².